The molecule has 1 unspecified atom stereocenters. The molecule has 2 aliphatic rings. The molecule has 0 aromatic carbocycles. The van der Waals surface area contributed by atoms with E-state index in [1.807, 2.05) is 0 Å². The van der Waals surface area contributed by atoms with E-state index in [0.29, 0.717) is 11.6 Å². The summed E-state index contributed by atoms with van der Waals surface area (Å²) < 4.78 is 0. The summed E-state index contributed by atoms with van der Waals surface area (Å²) >= 11 is 0. The molecule has 0 amide bonds. The number of hydrogen-bond acceptors (Lipinski definition) is 2. The van der Waals surface area contributed by atoms with Gasteiger partial charge in [-0.15, -0.1) is 0 Å². The van der Waals surface area contributed by atoms with Gasteiger partial charge in [-0.25, -0.2) is 0 Å². The second kappa shape index (κ2) is 6.90. The molecule has 0 aromatic heterocycles. The first-order valence-corrected chi connectivity index (χ1v) is 8.30. The number of allylic oxidation sites excluding steroid dienone is 1. The Balaban J connectivity index is 2.24. The van der Waals surface area contributed by atoms with Crippen LogP contribution in [-0.4, -0.2) is 37.1 Å². The zero-order chi connectivity index (χ0) is 13.7. The van der Waals surface area contributed by atoms with E-state index >= 15 is 0 Å². The van der Waals surface area contributed by atoms with E-state index in [0.717, 1.165) is 6.54 Å². The molecule has 2 heteroatoms. The van der Waals surface area contributed by atoms with Gasteiger partial charge in [-0.3, -0.25) is 0 Å². The van der Waals surface area contributed by atoms with Crippen molar-refractivity contribution in [2.75, 3.05) is 20.6 Å². The maximum absolute atomic E-state index is 3.83. The Labute approximate surface area is 119 Å². The summed E-state index contributed by atoms with van der Waals surface area (Å²) in [7, 11) is 4.57. The molecule has 1 saturated carbocycles. The lowest BCUT2D eigenvalue weighted by Crippen LogP contribution is -2.58. The van der Waals surface area contributed by atoms with Crippen molar-refractivity contribution in [3.05, 3.63) is 11.6 Å². The number of likely N-dealkylation sites (N-methyl/N-ethyl adjacent to an activating group) is 2. The van der Waals surface area contributed by atoms with Crippen molar-refractivity contribution in [2.45, 2.75) is 76.3 Å². The van der Waals surface area contributed by atoms with Crippen LogP contribution >= 0.6 is 0 Å². The number of rotatable bonds is 5. The van der Waals surface area contributed by atoms with Crippen LogP contribution in [0.3, 0.4) is 0 Å². The molecule has 2 nitrogen and oxygen atoms in total. The molecule has 0 saturated heterocycles. The second-order valence-electron chi connectivity index (χ2n) is 6.57. The molecule has 0 spiro atoms. The first kappa shape index (κ1) is 15.1. The number of nitrogens with one attached hydrogen (secondary N) is 1. The van der Waals surface area contributed by atoms with Crippen LogP contribution in [0.5, 0.6) is 0 Å². The third-order valence-corrected chi connectivity index (χ3v) is 5.25. The molecule has 0 radical (unpaired) electrons. The Morgan fingerprint density at radius 3 is 2.53 bits per heavy atom. The molecule has 2 aliphatic carbocycles. The third kappa shape index (κ3) is 3.22. The highest BCUT2D eigenvalue weighted by atomic mass is 15.2. The van der Waals surface area contributed by atoms with Gasteiger partial charge < -0.3 is 10.2 Å². The summed E-state index contributed by atoms with van der Waals surface area (Å²) in [5.74, 6) is 0. The van der Waals surface area contributed by atoms with Crippen LogP contribution in [0, 0.1) is 0 Å². The first-order chi connectivity index (χ1) is 9.20. The molecule has 1 fully saturated rings. The normalized spacial score (nSPS) is 25.2. The van der Waals surface area contributed by atoms with Gasteiger partial charge in [-0.1, -0.05) is 37.8 Å². The maximum Gasteiger partial charge on any atom is 0.0466 e. The predicted molar refractivity (Wildman–Crippen MR) is 83.5 cm³/mol. The van der Waals surface area contributed by atoms with Crippen LogP contribution in [0.15, 0.2) is 11.6 Å². The summed E-state index contributed by atoms with van der Waals surface area (Å²) in [6.07, 6.45) is 14.9. The van der Waals surface area contributed by atoms with E-state index < -0.39 is 0 Å². The van der Waals surface area contributed by atoms with E-state index in [4.69, 9.17) is 0 Å². The van der Waals surface area contributed by atoms with Crippen molar-refractivity contribution in [1.82, 2.24) is 10.2 Å². The molecule has 0 aliphatic heterocycles. The van der Waals surface area contributed by atoms with Crippen molar-refractivity contribution in [3.8, 4) is 0 Å². The fourth-order valence-electron chi connectivity index (χ4n) is 4.15. The molecule has 19 heavy (non-hydrogen) atoms. The minimum absolute atomic E-state index is 0.367. The summed E-state index contributed by atoms with van der Waals surface area (Å²) in [4.78, 5) is 2.51. The largest absolute Gasteiger partial charge is 0.309 e. The summed E-state index contributed by atoms with van der Waals surface area (Å²) in [5.41, 5.74) is 2.07. The lowest BCUT2D eigenvalue weighted by molar-refractivity contribution is 0.119. The van der Waals surface area contributed by atoms with Crippen molar-refractivity contribution >= 4 is 0 Å². The maximum atomic E-state index is 3.83. The van der Waals surface area contributed by atoms with E-state index in [2.05, 4.69) is 37.3 Å². The zero-order valence-electron chi connectivity index (χ0n) is 13.2. The van der Waals surface area contributed by atoms with Crippen LogP contribution < -0.4 is 5.32 Å². The van der Waals surface area contributed by atoms with E-state index in [1.54, 1.807) is 5.57 Å². The standard InChI is InChI=1S/C17H32N2/c1-4-18-16(15-11-7-5-6-8-12-15)17(19(2)3)13-9-10-14-17/h11,16,18H,4-10,12-14H2,1-3H3. The average Bonchev–Trinajstić information content (AvgIpc) is 2.74. The van der Waals surface area contributed by atoms with Crippen molar-refractivity contribution in [1.29, 1.82) is 0 Å². The molecule has 0 bridgehead atoms. The molecule has 110 valence electrons. The van der Waals surface area contributed by atoms with Crippen LogP contribution in [0.4, 0.5) is 0 Å². The smallest absolute Gasteiger partial charge is 0.0466 e. The van der Waals surface area contributed by atoms with Crippen LogP contribution in [0.25, 0.3) is 0 Å². The van der Waals surface area contributed by atoms with Gasteiger partial charge in [-0.2, -0.15) is 0 Å². The minimum Gasteiger partial charge on any atom is -0.309 e. The molecular weight excluding hydrogens is 232 g/mol. The van der Waals surface area contributed by atoms with Gasteiger partial charge in [0.25, 0.3) is 0 Å². The Kier molecular flexibility index (Phi) is 5.47. The van der Waals surface area contributed by atoms with Gasteiger partial charge in [0, 0.05) is 11.6 Å². The van der Waals surface area contributed by atoms with Crippen LogP contribution in [-0.2, 0) is 0 Å². The Bertz CT molecular complexity index is 300. The van der Waals surface area contributed by atoms with E-state index in [9.17, 15) is 0 Å². The van der Waals surface area contributed by atoms with Crippen molar-refractivity contribution in [3.63, 3.8) is 0 Å². The Hall–Kier alpha value is -0.340. The number of hydrogen-bond donors (Lipinski definition) is 1. The van der Waals surface area contributed by atoms with Gasteiger partial charge in [0.15, 0.2) is 0 Å². The highest BCUT2D eigenvalue weighted by Crippen LogP contribution is 2.40. The topological polar surface area (TPSA) is 15.3 Å². The van der Waals surface area contributed by atoms with Gasteiger partial charge >= 0.3 is 0 Å². The average molecular weight is 264 g/mol. The highest BCUT2D eigenvalue weighted by molar-refractivity contribution is 5.21. The van der Waals surface area contributed by atoms with Crippen LogP contribution in [0.1, 0.15) is 64.7 Å². The van der Waals surface area contributed by atoms with E-state index in [1.165, 1.54) is 57.8 Å². The monoisotopic (exact) mass is 264 g/mol. The zero-order valence-corrected chi connectivity index (χ0v) is 13.2. The third-order valence-electron chi connectivity index (χ3n) is 5.25. The molecular formula is C17H32N2. The minimum atomic E-state index is 0.367. The lowest BCUT2D eigenvalue weighted by atomic mass is 9.80. The van der Waals surface area contributed by atoms with Crippen molar-refractivity contribution < 1.29 is 0 Å². The van der Waals surface area contributed by atoms with Gasteiger partial charge in [0.05, 0.1) is 0 Å². The lowest BCUT2D eigenvalue weighted by Gasteiger charge is -2.45. The molecule has 1 N–H and O–H groups in total. The predicted octanol–water partition coefficient (Wildman–Crippen LogP) is 3.73. The summed E-state index contributed by atoms with van der Waals surface area (Å²) in [6, 6.07) is 0.577. The van der Waals surface area contributed by atoms with Gasteiger partial charge in [0.1, 0.15) is 0 Å². The van der Waals surface area contributed by atoms with Crippen molar-refractivity contribution in [2.24, 2.45) is 0 Å². The van der Waals surface area contributed by atoms with Crippen LogP contribution in [0.2, 0.25) is 0 Å². The fourth-order valence-corrected chi connectivity index (χ4v) is 4.15. The highest BCUT2D eigenvalue weighted by Gasteiger charge is 2.44. The van der Waals surface area contributed by atoms with Gasteiger partial charge in [-0.05, 0) is 59.2 Å². The molecule has 0 heterocycles. The first-order valence-electron chi connectivity index (χ1n) is 8.30. The number of nitrogens with zero attached hydrogens (tertiary/aromatic N) is 1. The summed E-state index contributed by atoms with van der Waals surface area (Å²) in [5, 5.41) is 3.83. The molecule has 1 atom stereocenters. The SMILES string of the molecule is CCNC(C1=CCCCCC1)C1(N(C)C)CCCC1. The van der Waals surface area contributed by atoms with Gasteiger partial charge in [0.2, 0.25) is 0 Å². The molecule has 0 aromatic rings. The summed E-state index contributed by atoms with van der Waals surface area (Å²) in [6.45, 7) is 3.33. The van der Waals surface area contributed by atoms with E-state index in [-0.39, 0.29) is 0 Å². The Morgan fingerprint density at radius 1 is 1.16 bits per heavy atom. The second-order valence-corrected chi connectivity index (χ2v) is 6.57. The Morgan fingerprint density at radius 2 is 1.89 bits per heavy atom. The quantitative estimate of drug-likeness (QED) is 0.761. The fraction of sp³-hybridized carbons (Fsp3) is 0.882. The molecule has 2 rings (SSSR count).